The molecule has 43 heavy (non-hydrogen) atoms. The van der Waals surface area contributed by atoms with Crippen molar-refractivity contribution in [1.82, 2.24) is 9.88 Å². The number of fused-ring (bicyclic) bond motifs is 1. The molecular formula is C32H23ClN4O6. The third-order valence-corrected chi connectivity index (χ3v) is 7.61. The fourth-order valence-electron chi connectivity index (χ4n) is 5.04. The van der Waals surface area contributed by atoms with Gasteiger partial charge in [-0.05, 0) is 61.0 Å². The molecule has 1 aliphatic rings. The van der Waals surface area contributed by atoms with E-state index in [0.717, 1.165) is 22.1 Å². The molecule has 0 saturated carbocycles. The maximum absolute atomic E-state index is 13.8. The lowest BCUT2D eigenvalue weighted by Crippen LogP contribution is -2.45. The molecule has 1 aromatic heterocycles. The Morgan fingerprint density at radius 1 is 1.05 bits per heavy atom. The molecule has 0 bridgehead atoms. The summed E-state index contributed by atoms with van der Waals surface area (Å²) in [6.45, 7) is 1.93. The molecular weight excluding hydrogens is 572 g/mol. The summed E-state index contributed by atoms with van der Waals surface area (Å²) in [6, 6.07) is 24.0. The number of benzene rings is 4. The molecule has 2 heterocycles. The molecule has 1 unspecified atom stereocenters. The second kappa shape index (κ2) is 11.1. The van der Waals surface area contributed by atoms with Crippen molar-refractivity contribution in [2.24, 2.45) is 0 Å². The van der Waals surface area contributed by atoms with Gasteiger partial charge in [-0.2, -0.15) is 0 Å². The Morgan fingerprint density at radius 3 is 2.47 bits per heavy atom. The predicted octanol–water partition coefficient (Wildman–Crippen LogP) is 6.34. The Morgan fingerprint density at radius 2 is 1.77 bits per heavy atom. The van der Waals surface area contributed by atoms with E-state index >= 15 is 0 Å². The van der Waals surface area contributed by atoms with Crippen LogP contribution >= 0.6 is 11.6 Å². The quantitative estimate of drug-likeness (QED) is 0.122. The summed E-state index contributed by atoms with van der Waals surface area (Å²) >= 11 is 5.97. The zero-order valence-electron chi connectivity index (χ0n) is 22.8. The first-order chi connectivity index (χ1) is 20.7. The number of anilines is 1. The largest absolute Gasteiger partial charge is 0.436 e. The summed E-state index contributed by atoms with van der Waals surface area (Å²) in [5.41, 5.74) is 3.62. The molecule has 0 radical (unpaired) electrons. The van der Waals surface area contributed by atoms with Gasteiger partial charge in [0, 0.05) is 23.7 Å². The van der Waals surface area contributed by atoms with E-state index in [1.165, 1.54) is 17.0 Å². The maximum Gasteiger partial charge on any atom is 0.288 e. The number of rotatable bonds is 7. The zero-order valence-corrected chi connectivity index (χ0v) is 23.5. The first kappa shape index (κ1) is 27.8. The van der Waals surface area contributed by atoms with Crippen molar-refractivity contribution in [2.45, 2.75) is 25.9 Å². The van der Waals surface area contributed by atoms with E-state index in [4.69, 9.17) is 16.0 Å². The van der Waals surface area contributed by atoms with Crippen LogP contribution in [0, 0.1) is 17.0 Å². The fourth-order valence-corrected chi connectivity index (χ4v) is 5.23. The normalized spacial score (nSPS) is 14.8. The van der Waals surface area contributed by atoms with Crippen LogP contribution in [0.2, 0.25) is 5.02 Å². The van der Waals surface area contributed by atoms with Gasteiger partial charge in [-0.3, -0.25) is 24.5 Å². The van der Waals surface area contributed by atoms with Crippen LogP contribution in [0.25, 0.3) is 22.6 Å². The zero-order chi connectivity index (χ0) is 30.2. The number of halogens is 1. The minimum atomic E-state index is -1.13. The number of para-hydroxylation sites is 2. The van der Waals surface area contributed by atoms with Gasteiger partial charge < -0.3 is 9.32 Å². The number of oxazole rings is 1. The standard InChI is InChI=1S/C32H23ClN4O6/c1-19-6-8-20(9-7-19)18-35(31(39)22-12-15-24(33)26(16-22)37(41)42)27-17-29(38)36(32(27)40)23-13-10-21(11-14-23)30-34-25-4-2-3-5-28(25)43-30/h2-16,27H,17-18H2,1H3. The van der Waals surface area contributed by atoms with Gasteiger partial charge in [0.2, 0.25) is 11.8 Å². The number of hydrogen-bond donors (Lipinski definition) is 0. The summed E-state index contributed by atoms with van der Waals surface area (Å²) in [4.78, 5) is 58.5. The third kappa shape index (κ3) is 5.35. The van der Waals surface area contributed by atoms with Crippen LogP contribution in [0.5, 0.6) is 0 Å². The summed E-state index contributed by atoms with van der Waals surface area (Å²) in [6.07, 6.45) is -0.251. The van der Waals surface area contributed by atoms with Crippen LogP contribution in [0.4, 0.5) is 11.4 Å². The summed E-state index contributed by atoms with van der Waals surface area (Å²) in [5.74, 6) is -1.30. The molecule has 1 aliphatic heterocycles. The van der Waals surface area contributed by atoms with Gasteiger partial charge >= 0.3 is 0 Å². The number of carbonyl (C=O) groups is 3. The Labute approximate surface area is 250 Å². The van der Waals surface area contributed by atoms with Crippen LogP contribution < -0.4 is 4.90 Å². The maximum atomic E-state index is 13.8. The number of imide groups is 1. The molecule has 1 atom stereocenters. The Hall–Kier alpha value is -5.35. The number of nitro groups is 1. The first-order valence-electron chi connectivity index (χ1n) is 13.3. The van der Waals surface area contributed by atoms with Crippen molar-refractivity contribution in [3.05, 3.63) is 123 Å². The minimum Gasteiger partial charge on any atom is -0.436 e. The molecule has 0 spiro atoms. The van der Waals surface area contributed by atoms with Crippen molar-refractivity contribution >= 4 is 51.8 Å². The van der Waals surface area contributed by atoms with Crippen molar-refractivity contribution < 1.29 is 23.7 Å². The Kier molecular flexibility index (Phi) is 7.21. The molecule has 6 rings (SSSR count). The fraction of sp³-hybridized carbons (Fsp3) is 0.125. The molecule has 214 valence electrons. The van der Waals surface area contributed by atoms with Gasteiger partial charge in [0.15, 0.2) is 5.58 Å². The van der Waals surface area contributed by atoms with Gasteiger partial charge in [-0.25, -0.2) is 9.88 Å². The van der Waals surface area contributed by atoms with E-state index in [2.05, 4.69) is 4.98 Å². The van der Waals surface area contributed by atoms with Gasteiger partial charge in [-0.1, -0.05) is 53.6 Å². The summed E-state index contributed by atoms with van der Waals surface area (Å²) in [5, 5.41) is 11.4. The number of nitrogens with zero attached hydrogens (tertiary/aromatic N) is 4. The summed E-state index contributed by atoms with van der Waals surface area (Å²) < 4.78 is 5.82. The van der Waals surface area contributed by atoms with Gasteiger partial charge in [-0.15, -0.1) is 0 Å². The van der Waals surface area contributed by atoms with E-state index in [1.54, 1.807) is 24.3 Å². The smallest absolute Gasteiger partial charge is 0.288 e. The molecule has 1 saturated heterocycles. The Balaban J connectivity index is 1.31. The molecule has 3 amide bonds. The van der Waals surface area contributed by atoms with Crippen molar-refractivity contribution in [1.29, 1.82) is 0 Å². The molecule has 0 N–H and O–H groups in total. The topological polar surface area (TPSA) is 127 Å². The predicted molar refractivity (Wildman–Crippen MR) is 160 cm³/mol. The Bertz CT molecular complexity index is 1870. The summed E-state index contributed by atoms with van der Waals surface area (Å²) in [7, 11) is 0. The highest BCUT2D eigenvalue weighted by Gasteiger charge is 2.44. The lowest BCUT2D eigenvalue weighted by atomic mass is 10.1. The highest BCUT2D eigenvalue weighted by Crippen LogP contribution is 2.32. The number of aryl methyl sites for hydroxylation is 1. The molecule has 0 aliphatic carbocycles. The van der Waals surface area contributed by atoms with E-state index < -0.39 is 34.4 Å². The molecule has 1 fully saturated rings. The average Bonchev–Trinajstić information content (AvgIpc) is 3.57. The van der Waals surface area contributed by atoms with Crippen molar-refractivity contribution in [3.8, 4) is 11.5 Å². The minimum absolute atomic E-state index is 0.00369. The number of hydrogen-bond acceptors (Lipinski definition) is 7. The number of carbonyl (C=O) groups excluding carboxylic acids is 3. The second-order valence-electron chi connectivity index (χ2n) is 10.2. The van der Waals surface area contributed by atoms with Crippen LogP contribution in [-0.4, -0.2) is 38.6 Å². The number of amides is 3. The lowest BCUT2D eigenvalue weighted by molar-refractivity contribution is -0.384. The van der Waals surface area contributed by atoms with E-state index in [1.807, 2.05) is 55.5 Å². The molecule has 4 aromatic carbocycles. The van der Waals surface area contributed by atoms with Gasteiger partial charge in [0.1, 0.15) is 16.6 Å². The first-order valence-corrected chi connectivity index (χ1v) is 13.7. The van der Waals surface area contributed by atoms with E-state index in [9.17, 15) is 24.5 Å². The molecule has 10 nitrogen and oxygen atoms in total. The van der Waals surface area contributed by atoms with Crippen molar-refractivity contribution in [2.75, 3.05) is 4.90 Å². The highest BCUT2D eigenvalue weighted by molar-refractivity contribution is 6.32. The number of aromatic nitrogens is 1. The molecule has 11 heteroatoms. The lowest BCUT2D eigenvalue weighted by Gasteiger charge is -2.28. The van der Waals surface area contributed by atoms with Crippen LogP contribution in [-0.2, 0) is 16.1 Å². The van der Waals surface area contributed by atoms with Crippen LogP contribution in [0.1, 0.15) is 27.9 Å². The van der Waals surface area contributed by atoms with Gasteiger partial charge in [0.05, 0.1) is 17.0 Å². The second-order valence-corrected chi connectivity index (χ2v) is 10.6. The third-order valence-electron chi connectivity index (χ3n) is 7.29. The van der Waals surface area contributed by atoms with Crippen LogP contribution in [0.15, 0.2) is 95.4 Å². The monoisotopic (exact) mass is 594 g/mol. The van der Waals surface area contributed by atoms with E-state index in [0.29, 0.717) is 28.2 Å². The van der Waals surface area contributed by atoms with E-state index in [-0.39, 0.29) is 23.6 Å². The van der Waals surface area contributed by atoms with Gasteiger partial charge in [0.25, 0.3) is 17.5 Å². The highest BCUT2D eigenvalue weighted by atomic mass is 35.5. The molecule has 5 aromatic rings. The SMILES string of the molecule is Cc1ccc(CN(C(=O)c2ccc(Cl)c([N+](=O)[O-])c2)C2CC(=O)N(c3ccc(-c4nc5ccccc5o4)cc3)C2=O)cc1. The number of nitro benzene ring substituents is 1. The van der Waals surface area contributed by atoms with Crippen molar-refractivity contribution in [3.63, 3.8) is 0 Å². The average molecular weight is 595 g/mol. The van der Waals surface area contributed by atoms with Crippen LogP contribution in [0.3, 0.4) is 0 Å².